The third-order valence-electron chi connectivity index (χ3n) is 10.1. The van der Waals surface area contributed by atoms with Gasteiger partial charge in [-0.05, 0) is 45.6 Å². The van der Waals surface area contributed by atoms with E-state index >= 15 is 0 Å². The number of allylic oxidation sites excluding steroid dienone is 2. The van der Waals surface area contributed by atoms with Crippen molar-refractivity contribution in [2.75, 3.05) is 33.4 Å². The van der Waals surface area contributed by atoms with Crippen LogP contribution in [0.15, 0.2) is 12.2 Å². The summed E-state index contributed by atoms with van der Waals surface area (Å²) >= 11 is 0. The normalized spacial score (nSPS) is 13.3. The number of nitrogens with one attached hydrogen (secondary N) is 1. The number of rotatable bonds is 44. The Labute approximate surface area is 339 Å². The van der Waals surface area contributed by atoms with E-state index in [9.17, 15) is 19.0 Å². The lowest BCUT2D eigenvalue weighted by Crippen LogP contribution is -2.29. The van der Waals surface area contributed by atoms with Crippen LogP contribution in [0.4, 0.5) is 0 Å². The molecule has 2 atom stereocenters. The third-order valence-corrected chi connectivity index (χ3v) is 11.1. The minimum absolute atomic E-state index is 0.0135. The van der Waals surface area contributed by atoms with E-state index in [0.717, 1.165) is 32.1 Å². The number of esters is 2. The van der Waals surface area contributed by atoms with Crippen LogP contribution in [0.2, 0.25) is 0 Å². The number of phosphoric acid groups is 1. The number of unbranched alkanes of at least 4 members (excludes halogenated alkanes) is 28. The minimum Gasteiger partial charge on any atom is -0.462 e. The van der Waals surface area contributed by atoms with Crippen molar-refractivity contribution in [2.45, 2.75) is 232 Å². The number of hydrogen-bond donors (Lipinski definition) is 2. The topological polar surface area (TPSA) is 120 Å². The van der Waals surface area contributed by atoms with Crippen molar-refractivity contribution in [3.63, 3.8) is 0 Å². The Morgan fingerprint density at radius 3 is 1.35 bits per heavy atom. The van der Waals surface area contributed by atoms with Gasteiger partial charge in [0.2, 0.25) is 0 Å². The smallest absolute Gasteiger partial charge is 0.462 e. The average molecular weight is 802 g/mol. The van der Waals surface area contributed by atoms with Crippen molar-refractivity contribution in [2.24, 2.45) is 0 Å². The molecule has 2 unspecified atom stereocenters. The Balaban J connectivity index is 4.08. The molecule has 0 spiro atoms. The predicted molar refractivity (Wildman–Crippen MR) is 229 cm³/mol. The highest BCUT2D eigenvalue weighted by molar-refractivity contribution is 7.47. The number of hydrogen-bond acceptors (Lipinski definition) is 8. The fraction of sp³-hybridized carbons (Fsp3) is 0.911. The maximum absolute atomic E-state index is 12.6. The van der Waals surface area contributed by atoms with Crippen molar-refractivity contribution in [1.82, 2.24) is 5.32 Å². The lowest BCUT2D eigenvalue weighted by molar-refractivity contribution is -0.161. The number of phosphoric ester groups is 1. The number of carbonyl (C=O) groups is 2. The highest BCUT2D eigenvalue weighted by atomic mass is 31.2. The minimum atomic E-state index is -4.34. The van der Waals surface area contributed by atoms with Crippen molar-refractivity contribution in [3.8, 4) is 0 Å². The molecule has 0 saturated heterocycles. The molecule has 0 aliphatic carbocycles. The van der Waals surface area contributed by atoms with Crippen LogP contribution in [0.3, 0.4) is 0 Å². The van der Waals surface area contributed by atoms with Crippen LogP contribution in [0.1, 0.15) is 226 Å². The molecule has 55 heavy (non-hydrogen) atoms. The summed E-state index contributed by atoms with van der Waals surface area (Å²) in [7, 11) is -2.64. The lowest BCUT2D eigenvalue weighted by Gasteiger charge is -2.20. The van der Waals surface area contributed by atoms with Gasteiger partial charge in [-0.1, -0.05) is 187 Å². The second-order valence-corrected chi connectivity index (χ2v) is 17.0. The van der Waals surface area contributed by atoms with Gasteiger partial charge in [-0.15, -0.1) is 0 Å². The standard InChI is InChI=1S/C45H88NO8P/c1-4-6-8-10-12-14-16-18-19-20-21-22-23-24-25-26-28-29-31-33-35-37-44(47)51-41-43(42-53-55(49,50)52-40-39-46-3)54-45(48)38-36-34-32-30-27-17-15-13-11-9-7-5-2/h18-19,43,46H,4-17,20-42H2,1-3H3,(H,49,50)/b19-18-. The van der Waals surface area contributed by atoms with E-state index in [4.69, 9.17) is 18.5 Å². The second kappa shape index (κ2) is 42.4. The number of ether oxygens (including phenoxy) is 2. The zero-order chi connectivity index (χ0) is 40.3. The molecule has 0 aromatic carbocycles. The van der Waals surface area contributed by atoms with Gasteiger partial charge >= 0.3 is 19.8 Å². The molecule has 2 N–H and O–H groups in total. The first-order valence-electron chi connectivity index (χ1n) is 23.1. The molecule has 0 rings (SSSR count). The van der Waals surface area contributed by atoms with Gasteiger partial charge in [-0.25, -0.2) is 4.57 Å². The molecule has 0 amide bonds. The van der Waals surface area contributed by atoms with Crippen LogP contribution in [0.25, 0.3) is 0 Å². The van der Waals surface area contributed by atoms with Crippen molar-refractivity contribution >= 4 is 19.8 Å². The van der Waals surface area contributed by atoms with Gasteiger partial charge in [-0.3, -0.25) is 18.6 Å². The van der Waals surface area contributed by atoms with Crippen LogP contribution < -0.4 is 5.32 Å². The highest BCUT2D eigenvalue weighted by Crippen LogP contribution is 2.43. The SMILES string of the molecule is CCCCCCCC/C=C\CCCCCCCCCCCCCC(=O)OCC(COP(=O)(O)OCCNC)OC(=O)CCCCCCCCCCCCCC. The van der Waals surface area contributed by atoms with Gasteiger partial charge < -0.3 is 19.7 Å². The molecular weight excluding hydrogens is 713 g/mol. The van der Waals surface area contributed by atoms with Crippen LogP contribution in [0.5, 0.6) is 0 Å². The number of likely N-dealkylation sites (N-methyl/N-ethyl adjacent to an activating group) is 1. The van der Waals surface area contributed by atoms with Gasteiger partial charge in [0.1, 0.15) is 6.61 Å². The first-order chi connectivity index (χ1) is 26.8. The summed E-state index contributed by atoms with van der Waals surface area (Å²) in [6, 6.07) is 0. The van der Waals surface area contributed by atoms with Crippen molar-refractivity contribution < 1.29 is 37.6 Å². The fourth-order valence-corrected chi connectivity index (χ4v) is 7.36. The maximum atomic E-state index is 12.6. The molecule has 10 heteroatoms. The summed E-state index contributed by atoms with van der Waals surface area (Å²) in [5.74, 6) is -0.796. The van der Waals surface area contributed by atoms with Crippen LogP contribution in [-0.4, -0.2) is 56.3 Å². The van der Waals surface area contributed by atoms with Gasteiger partial charge in [0.05, 0.1) is 13.2 Å². The zero-order valence-corrected chi connectivity index (χ0v) is 37.0. The van der Waals surface area contributed by atoms with E-state index in [1.54, 1.807) is 7.05 Å². The molecule has 0 heterocycles. The highest BCUT2D eigenvalue weighted by Gasteiger charge is 2.26. The molecule has 0 aliphatic rings. The van der Waals surface area contributed by atoms with Crippen LogP contribution >= 0.6 is 7.82 Å². The summed E-state index contributed by atoms with van der Waals surface area (Å²) < 4.78 is 33.2. The summed E-state index contributed by atoms with van der Waals surface area (Å²) in [6.45, 7) is 4.25. The summed E-state index contributed by atoms with van der Waals surface area (Å²) in [4.78, 5) is 35.1. The van der Waals surface area contributed by atoms with Crippen molar-refractivity contribution in [3.05, 3.63) is 12.2 Å². The molecule has 0 aliphatic heterocycles. The van der Waals surface area contributed by atoms with E-state index in [1.165, 1.54) is 161 Å². The molecule has 9 nitrogen and oxygen atoms in total. The van der Waals surface area contributed by atoms with Gasteiger partial charge in [0, 0.05) is 19.4 Å². The Bertz CT molecular complexity index is 917. The van der Waals surface area contributed by atoms with Crippen molar-refractivity contribution in [1.29, 1.82) is 0 Å². The monoisotopic (exact) mass is 802 g/mol. The van der Waals surface area contributed by atoms with E-state index < -0.39 is 26.5 Å². The first-order valence-corrected chi connectivity index (χ1v) is 24.6. The Morgan fingerprint density at radius 2 is 0.927 bits per heavy atom. The second-order valence-electron chi connectivity index (χ2n) is 15.6. The van der Waals surface area contributed by atoms with Crippen LogP contribution in [-0.2, 0) is 32.7 Å². The molecule has 0 aromatic rings. The van der Waals surface area contributed by atoms with Crippen LogP contribution in [0, 0.1) is 0 Å². The first kappa shape index (κ1) is 53.8. The molecule has 0 bridgehead atoms. The van der Waals surface area contributed by atoms with Gasteiger partial charge in [0.15, 0.2) is 6.10 Å². The lowest BCUT2D eigenvalue weighted by atomic mass is 10.0. The molecule has 326 valence electrons. The average Bonchev–Trinajstić information content (AvgIpc) is 3.17. The summed E-state index contributed by atoms with van der Waals surface area (Å²) in [6.07, 6.45) is 42.6. The fourth-order valence-electron chi connectivity index (χ4n) is 6.61. The predicted octanol–water partition coefficient (Wildman–Crippen LogP) is 13.3. The Morgan fingerprint density at radius 1 is 0.545 bits per heavy atom. The molecule has 0 saturated carbocycles. The third kappa shape index (κ3) is 42.2. The van der Waals surface area contributed by atoms with E-state index in [0.29, 0.717) is 19.4 Å². The number of carbonyl (C=O) groups excluding carboxylic acids is 2. The zero-order valence-electron chi connectivity index (χ0n) is 36.1. The molecule has 0 aromatic heterocycles. The molecule has 0 radical (unpaired) electrons. The van der Waals surface area contributed by atoms with E-state index in [1.807, 2.05) is 0 Å². The summed E-state index contributed by atoms with van der Waals surface area (Å²) in [5, 5.41) is 2.83. The maximum Gasteiger partial charge on any atom is 0.472 e. The van der Waals surface area contributed by atoms with Gasteiger partial charge in [0.25, 0.3) is 0 Å². The van der Waals surface area contributed by atoms with E-state index in [2.05, 4.69) is 31.3 Å². The Hall–Kier alpha value is -1.25. The molecular formula is C45H88NO8P. The van der Waals surface area contributed by atoms with E-state index in [-0.39, 0.29) is 25.6 Å². The van der Waals surface area contributed by atoms with Gasteiger partial charge in [-0.2, -0.15) is 0 Å². The Kier molecular flexibility index (Phi) is 41.4. The summed E-state index contributed by atoms with van der Waals surface area (Å²) in [5.41, 5.74) is 0. The quantitative estimate of drug-likeness (QED) is 0.0268. The molecule has 0 fully saturated rings. The largest absolute Gasteiger partial charge is 0.472 e.